The van der Waals surface area contributed by atoms with Crippen LogP contribution in [0.25, 0.3) is 16.8 Å². The first-order valence-electron chi connectivity index (χ1n) is 12.8. The predicted octanol–water partition coefficient (Wildman–Crippen LogP) is 6.43. The third-order valence-electron chi connectivity index (χ3n) is 7.42. The van der Waals surface area contributed by atoms with Crippen LogP contribution < -0.4 is 10.5 Å². The number of H-pyrrole nitrogens is 1. The Morgan fingerprint density at radius 1 is 1.21 bits per heavy atom. The molecule has 1 fully saturated rings. The first-order valence-corrected chi connectivity index (χ1v) is 14.0. The molecular weight excluding hydrogens is 503 g/mol. The van der Waals surface area contributed by atoms with E-state index in [1.54, 1.807) is 23.9 Å². The summed E-state index contributed by atoms with van der Waals surface area (Å²) < 4.78 is 31.7. The van der Waals surface area contributed by atoms with Crippen molar-refractivity contribution in [3.05, 3.63) is 71.6 Å². The zero-order valence-corrected chi connectivity index (χ0v) is 22.9. The number of nitrogen functional groups attached to an aromatic ring is 1. The number of carbonyl (C=O) groups is 1. The SMILES string of the molecule is COC(=O)[C@H]1CC[C@@]2(C=C(c3cc(-c4[nH]c(N)cc4SC)ccc3OC(C)C)CO2)[C@@H]1c1ccc(F)cc1. The molecule has 8 heteroatoms. The summed E-state index contributed by atoms with van der Waals surface area (Å²) in [6.07, 6.45) is 5.43. The molecule has 200 valence electrons. The molecular formula is C30H33FN2O4S. The van der Waals surface area contributed by atoms with Crippen LogP contribution in [0.15, 0.2) is 59.5 Å². The Hall–Kier alpha value is -3.23. The van der Waals surface area contributed by atoms with Gasteiger partial charge < -0.3 is 24.9 Å². The van der Waals surface area contributed by atoms with Crippen LogP contribution in [0.5, 0.6) is 5.75 Å². The summed E-state index contributed by atoms with van der Waals surface area (Å²) in [5.41, 5.74) is 10.1. The lowest BCUT2D eigenvalue weighted by Gasteiger charge is -2.31. The summed E-state index contributed by atoms with van der Waals surface area (Å²) in [5.74, 6) is 0.100. The number of halogens is 1. The topological polar surface area (TPSA) is 86.6 Å². The number of anilines is 1. The van der Waals surface area contributed by atoms with E-state index in [4.69, 9.17) is 19.9 Å². The van der Waals surface area contributed by atoms with Gasteiger partial charge >= 0.3 is 5.97 Å². The summed E-state index contributed by atoms with van der Waals surface area (Å²) in [4.78, 5) is 17.1. The van der Waals surface area contributed by atoms with Crippen LogP contribution in [-0.4, -0.2) is 42.6 Å². The lowest BCUT2D eigenvalue weighted by atomic mass is 9.79. The van der Waals surface area contributed by atoms with Gasteiger partial charge in [0.25, 0.3) is 0 Å². The zero-order chi connectivity index (χ0) is 27.0. The summed E-state index contributed by atoms with van der Waals surface area (Å²) in [6, 6.07) is 14.4. The molecule has 1 aromatic heterocycles. The molecule has 2 aliphatic rings. The van der Waals surface area contributed by atoms with Gasteiger partial charge in [-0.3, -0.25) is 4.79 Å². The molecule has 3 atom stereocenters. The lowest BCUT2D eigenvalue weighted by molar-refractivity contribution is -0.146. The predicted molar refractivity (Wildman–Crippen MR) is 149 cm³/mol. The molecule has 3 N–H and O–H groups in total. The van der Waals surface area contributed by atoms with Crippen LogP contribution in [0.2, 0.25) is 0 Å². The van der Waals surface area contributed by atoms with Crippen molar-refractivity contribution in [2.75, 3.05) is 25.7 Å². The maximum Gasteiger partial charge on any atom is 0.309 e. The molecule has 2 aromatic carbocycles. The highest BCUT2D eigenvalue weighted by Gasteiger charge is 2.54. The van der Waals surface area contributed by atoms with Crippen molar-refractivity contribution in [3.8, 4) is 17.0 Å². The number of nitrogens with two attached hydrogens (primary N) is 1. The smallest absolute Gasteiger partial charge is 0.309 e. The largest absolute Gasteiger partial charge is 0.490 e. The Morgan fingerprint density at radius 3 is 2.66 bits per heavy atom. The molecule has 0 unspecified atom stereocenters. The maximum absolute atomic E-state index is 13.8. The van der Waals surface area contributed by atoms with E-state index < -0.39 is 5.60 Å². The summed E-state index contributed by atoms with van der Waals surface area (Å²) in [7, 11) is 1.41. The van der Waals surface area contributed by atoms with Crippen molar-refractivity contribution in [2.24, 2.45) is 5.92 Å². The van der Waals surface area contributed by atoms with E-state index in [0.29, 0.717) is 25.3 Å². The Balaban J connectivity index is 1.60. The third kappa shape index (κ3) is 4.83. The van der Waals surface area contributed by atoms with E-state index in [-0.39, 0.29) is 29.7 Å². The van der Waals surface area contributed by atoms with Crippen LogP contribution in [-0.2, 0) is 14.3 Å². The normalized spacial score (nSPS) is 22.7. The van der Waals surface area contributed by atoms with Gasteiger partial charge in [-0.25, -0.2) is 4.39 Å². The molecule has 1 aliphatic heterocycles. The number of methoxy groups -OCH3 is 1. The maximum atomic E-state index is 13.8. The van der Waals surface area contributed by atoms with Crippen molar-refractivity contribution in [1.82, 2.24) is 4.98 Å². The van der Waals surface area contributed by atoms with Crippen molar-refractivity contribution >= 4 is 29.1 Å². The number of esters is 1. The second-order valence-electron chi connectivity index (χ2n) is 10.2. The minimum absolute atomic E-state index is 0.0125. The van der Waals surface area contributed by atoms with E-state index in [0.717, 1.165) is 38.6 Å². The second kappa shape index (κ2) is 10.5. The second-order valence-corrected chi connectivity index (χ2v) is 11.0. The standard InChI is InChI=1S/C30H33FN2O4S/c1-17(2)37-24-10-7-19(28-25(38-4)14-26(32)33-28)13-23(24)20-15-30(36-16-20)12-11-22(29(34)35-3)27(30)18-5-8-21(31)9-6-18/h5-10,13-15,17,22,27,33H,11-12,16,32H2,1-4H3/t22-,27+,30+/m0/s1. The average molecular weight is 537 g/mol. The Morgan fingerprint density at radius 2 is 1.97 bits per heavy atom. The van der Waals surface area contributed by atoms with Crippen molar-refractivity contribution in [3.63, 3.8) is 0 Å². The molecule has 0 radical (unpaired) electrons. The van der Waals surface area contributed by atoms with E-state index in [1.807, 2.05) is 38.3 Å². The van der Waals surface area contributed by atoms with Crippen molar-refractivity contribution < 1.29 is 23.4 Å². The van der Waals surface area contributed by atoms with Crippen LogP contribution >= 0.6 is 11.8 Å². The van der Waals surface area contributed by atoms with E-state index in [9.17, 15) is 9.18 Å². The lowest BCUT2D eigenvalue weighted by Crippen LogP contribution is -2.34. The molecule has 0 bridgehead atoms. The van der Waals surface area contributed by atoms with E-state index in [1.165, 1.54) is 19.2 Å². The zero-order valence-electron chi connectivity index (χ0n) is 22.0. The highest BCUT2D eigenvalue weighted by atomic mass is 32.2. The fraction of sp³-hybridized carbons (Fsp3) is 0.367. The van der Waals surface area contributed by atoms with Gasteiger partial charge in [-0.15, -0.1) is 11.8 Å². The number of ether oxygens (including phenoxy) is 3. The van der Waals surface area contributed by atoms with Gasteiger partial charge in [-0.05, 0) is 92.1 Å². The molecule has 1 spiro atoms. The number of benzene rings is 2. The Bertz CT molecular complexity index is 1370. The highest BCUT2D eigenvalue weighted by molar-refractivity contribution is 7.98. The average Bonchev–Trinajstić information content (AvgIpc) is 3.61. The third-order valence-corrected chi connectivity index (χ3v) is 8.18. The molecule has 0 amide bonds. The quantitative estimate of drug-likeness (QED) is 0.267. The van der Waals surface area contributed by atoms with Crippen LogP contribution in [0.3, 0.4) is 0 Å². The number of thioether (sulfide) groups is 1. The van der Waals surface area contributed by atoms with Crippen LogP contribution in [0.4, 0.5) is 10.2 Å². The number of rotatable bonds is 7. The number of hydrogen-bond acceptors (Lipinski definition) is 6. The van der Waals surface area contributed by atoms with Crippen LogP contribution in [0, 0.1) is 11.7 Å². The molecule has 2 heterocycles. The summed E-state index contributed by atoms with van der Waals surface area (Å²) in [6.45, 7) is 4.36. The summed E-state index contributed by atoms with van der Waals surface area (Å²) in [5, 5.41) is 0. The van der Waals surface area contributed by atoms with Crippen molar-refractivity contribution in [1.29, 1.82) is 0 Å². The van der Waals surface area contributed by atoms with Gasteiger partial charge in [0.2, 0.25) is 0 Å². The number of aromatic nitrogens is 1. The number of hydrogen-bond donors (Lipinski definition) is 2. The van der Waals surface area contributed by atoms with E-state index in [2.05, 4.69) is 17.1 Å². The fourth-order valence-electron chi connectivity index (χ4n) is 5.83. The Labute approximate surface area is 226 Å². The highest BCUT2D eigenvalue weighted by Crippen LogP contribution is 2.54. The van der Waals surface area contributed by atoms with Crippen LogP contribution in [0.1, 0.15) is 43.7 Å². The molecule has 0 saturated heterocycles. The molecule has 6 nitrogen and oxygen atoms in total. The minimum atomic E-state index is -0.710. The monoisotopic (exact) mass is 536 g/mol. The van der Waals surface area contributed by atoms with E-state index >= 15 is 0 Å². The van der Waals surface area contributed by atoms with Gasteiger partial charge in [0, 0.05) is 16.4 Å². The number of nitrogens with one attached hydrogen (secondary N) is 1. The summed E-state index contributed by atoms with van der Waals surface area (Å²) >= 11 is 1.63. The molecule has 3 aromatic rings. The number of aromatic amines is 1. The van der Waals surface area contributed by atoms with Gasteiger partial charge in [-0.2, -0.15) is 0 Å². The minimum Gasteiger partial charge on any atom is -0.490 e. The van der Waals surface area contributed by atoms with Gasteiger partial charge in [0.05, 0.1) is 37.0 Å². The molecule has 38 heavy (non-hydrogen) atoms. The molecule has 5 rings (SSSR count). The molecule has 1 aliphatic carbocycles. The van der Waals surface area contributed by atoms with Gasteiger partial charge in [0.15, 0.2) is 0 Å². The molecule has 1 saturated carbocycles. The first kappa shape index (κ1) is 26.4. The van der Waals surface area contributed by atoms with Gasteiger partial charge in [0.1, 0.15) is 17.4 Å². The van der Waals surface area contributed by atoms with Crippen molar-refractivity contribution in [2.45, 2.75) is 49.2 Å². The van der Waals surface area contributed by atoms with Gasteiger partial charge in [-0.1, -0.05) is 12.1 Å². The Kier molecular flexibility index (Phi) is 7.29. The number of carbonyl (C=O) groups excluding carboxylic acids is 1. The first-order chi connectivity index (χ1) is 18.2. The fourth-order valence-corrected chi connectivity index (χ4v) is 6.45.